The highest BCUT2D eigenvalue weighted by Crippen LogP contribution is 2.41. The van der Waals surface area contributed by atoms with Gasteiger partial charge in [-0.1, -0.05) is 42.5 Å². The second-order valence-corrected chi connectivity index (χ2v) is 4.85. The second kappa shape index (κ2) is 5.92. The van der Waals surface area contributed by atoms with Crippen molar-refractivity contribution in [3.05, 3.63) is 48.0 Å². The number of nitrogens with two attached hydrogens (primary N) is 1. The molecule has 104 valence electrons. The molecule has 1 unspecified atom stereocenters. The average Bonchev–Trinajstić information content (AvgIpc) is 3.14. The quantitative estimate of drug-likeness (QED) is 0.848. The van der Waals surface area contributed by atoms with E-state index in [-0.39, 0.29) is 0 Å². The Labute approximate surface area is 118 Å². The van der Waals surface area contributed by atoms with E-state index >= 15 is 0 Å². The lowest BCUT2D eigenvalue weighted by molar-refractivity contribution is 0.286. The first-order valence-electron chi connectivity index (χ1n) is 6.94. The van der Waals surface area contributed by atoms with E-state index in [4.69, 9.17) is 15.0 Å². The zero-order valence-corrected chi connectivity index (χ0v) is 11.3. The van der Waals surface area contributed by atoms with Crippen LogP contribution in [0.5, 0.6) is 5.88 Å². The first-order chi connectivity index (χ1) is 9.90. The van der Waals surface area contributed by atoms with E-state index in [2.05, 4.69) is 17.3 Å². The van der Waals surface area contributed by atoms with Gasteiger partial charge < -0.3 is 15.0 Å². The molecule has 0 saturated heterocycles. The van der Waals surface area contributed by atoms with Crippen LogP contribution in [0.2, 0.25) is 0 Å². The highest BCUT2D eigenvalue weighted by atomic mass is 16.5. The fraction of sp³-hybridized carbons (Fsp3) is 0.312. The Bertz CT molecular complexity index is 590. The fourth-order valence-corrected chi connectivity index (χ4v) is 2.54. The van der Waals surface area contributed by atoms with Crippen molar-refractivity contribution >= 4 is 0 Å². The highest BCUT2D eigenvalue weighted by molar-refractivity contribution is 5.64. The minimum Gasteiger partial charge on any atom is -0.474 e. The van der Waals surface area contributed by atoms with E-state index in [0.29, 0.717) is 24.9 Å². The Balaban J connectivity index is 2.01. The minimum absolute atomic E-state index is 0.309. The number of rotatable bonds is 5. The number of nitrogens with zero attached hydrogens (tertiary/aromatic N) is 1. The molecule has 0 amide bonds. The van der Waals surface area contributed by atoms with Crippen LogP contribution in [0.4, 0.5) is 0 Å². The molecule has 0 saturated carbocycles. The summed E-state index contributed by atoms with van der Waals surface area (Å²) in [6, 6.07) is 10.0. The van der Waals surface area contributed by atoms with Gasteiger partial charge in [-0.25, -0.2) is 0 Å². The number of ether oxygens (including phenoxy) is 1. The molecule has 4 nitrogen and oxygen atoms in total. The maximum absolute atomic E-state index is 5.64. The third kappa shape index (κ3) is 2.47. The molecule has 20 heavy (non-hydrogen) atoms. The smallest absolute Gasteiger partial charge is 0.258 e. The van der Waals surface area contributed by atoms with Crippen LogP contribution in [0.25, 0.3) is 11.3 Å². The molecule has 1 atom stereocenters. The van der Waals surface area contributed by atoms with Crippen LogP contribution < -0.4 is 10.5 Å². The van der Waals surface area contributed by atoms with Crippen LogP contribution in [0.1, 0.15) is 24.3 Å². The van der Waals surface area contributed by atoms with Crippen molar-refractivity contribution < 1.29 is 9.26 Å². The standard InChI is InChI=1S/C16H18N2O2/c17-10-11-19-16-14(12-6-4-5-7-12)15(20-18-16)13-8-2-1-3-9-13/h1-4,6,8-9,12H,5,7,10-11,17H2. The van der Waals surface area contributed by atoms with E-state index in [1.807, 2.05) is 30.3 Å². The molecule has 0 bridgehead atoms. The Morgan fingerprint density at radius 2 is 2.15 bits per heavy atom. The summed E-state index contributed by atoms with van der Waals surface area (Å²) in [5.74, 6) is 1.68. The molecule has 2 N–H and O–H groups in total. The van der Waals surface area contributed by atoms with Gasteiger partial charge in [0.2, 0.25) is 0 Å². The molecule has 1 aliphatic carbocycles. The Morgan fingerprint density at radius 3 is 2.85 bits per heavy atom. The summed E-state index contributed by atoms with van der Waals surface area (Å²) in [6.07, 6.45) is 6.55. The van der Waals surface area contributed by atoms with E-state index < -0.39 is 0 Å². The summed E-state index contributed by atoms with van der Waals surface area (Å²) in [7, 11) is 0. The van der Waals surface area contributed by atoms with Gasteiger partial charge >= 0.3 is 0 Å². The van der Waals surface area contributed by atoms with E-state index in [1.165, 1.54) is 0 Å². The Hall–Kier alpha value is -2.07. The molecule has 0 spiro atoms. The summed E-state index contributed by atoms with van der Waals surface area (Å²) in [6.45, 7) is 0.914. The van der Waals surface area contributed by atoms with Crippen molar-refractivity contribution in [1.82, 2.24) is 5.16 Å². The first kappa shape index (κ1) is 12.9. The van der Waals surface area contributed by atoms with Crippen LogP contribution in [-0.2, 0) is 0 Å². The summed E-state index contributed by atoms with van der Waals surface area (Å²) in [4.78, 5) is 0. The predicted molar refractivity (Wildman–Crippen MR) is 77.6 cm³/mol. The van der Waals surface area contributed by atoms with Gasteiger partial charge in [-0.2, -0.15) is 0 Å². The summed E-state index contributed by atoms with van der Waals surface area (Å²) in [5.41, 5.74) is 7.57. The summed E-state index contributed by atoms with van der Waals surface area (Å²) < 4.78 is 11.2. The average molecular weight is 270 g/mol. The van der Waals surface area contributed by atoms with Crippen LogP contribution >= 0.6 is 0 Å². The number of hydrogen-bond acceptors (Lipinski definition) is 4. The van der Waals surface area contributed by atoms with Crippen LogP contribution in [0.15, 0.2) is 47.0 Å². The van der Waals surface area contributed by atoms with Crippen molar-refractivity contribution in [3.63, 3.8) is 0 Å². The Kier molecular flexibility index (Phi) is 3.83. The van der Waals surface area contributed by atoms with Gasteiger partial charge in [0, 0.05) is 18.0 Å². The largest absolute Gasteiger partial charge is 0.474 e. The minimum atomic E-state index is 0.309. The normalized spacial score (nSPS) is 17.6. The van der Waals surface area contributed by atoms with Gasteiger partial charge in [0.05, 0.1) is 5.56 Å². The van der Waals surface area contributed by atoms with Gasteiger partial charge in [0.15, 0.2) is 5.76 Å². The van der Waals surface area contributed by atoms with Crippen molar-refractivity contribution in [1.29, 1.82) is 0 Å². The van der Waals surface area contributed by atoms with Crippen molar-refractivity contribution in [3.8, 4) is 17.2 Å². The molecule has 1 aromatic heterocycles. The molecule has 0 radical (unpaired) electrons. The van der Waals surface area contributed by atoms with Gasteiger partial charge in [-0.15, -0.1) is 0 Å². The molecule has 2 aromatic rings. The fourth-order valence-electron chi connectivity index (χ4n) is 2.54. The zero-order chi connectivity index (χ0) is 13.8. The number of aromatic nitrogens is 1. The molecule has 0 aliphatic heterocycles. The number of allylic oxidation sites excluding steroid dienone is 2. The monoisotopic (exact) mass is 270 g/mol. The molecular formula is C16H18N2O2. The van der Waals surface area contributed by atoms with Crippen LogP contribution in [0, 0.1) is 0 Å². The summed E-state index contributed by atoms with van der Waals surface area (Å²) in [5, 5.41) is 4.09. The van der Waals surface area contributed by atoms with Crippen molar-refractivity contribution in [2.45, 2.75) is 18.8 Å². The van der Waals surface area contributed by atoms with Gasteiger partial charge in [0.1, 0.15) is 6.61 Å². The lowest BCUT2D eigenvalue weighted by Gasteiger charge is -2.10. The van der Waals surface area contributed by atoms with E-state index in [1.54, 1.807) is 0 Å². The van der Waals surface area contributed by atoms with E-state index in [0.717, 1.165) is 29.7 Å². The molecule has 3 rings (SSSR count). The SMILES string of the molecule is NCCOc1noc(-c2ccccc2)c1C1C=CCC1. The molecule has 4 heteroatoms. The maximum atomic E-state index is 5.64. The Morgan fingerprint density at radius 1 is 1.30 bits per heavy atom. The van der Waals surface area contributed by atoms with E-state index in [9.17, 15) is 0 Å². The lowest BCUT2D eigenvalue weighted by Crippen LogP contribution is -2.12. The highest BCUT2D eigenvalue weighted by Gasteiger charge is 2.26. The topological polar surface area (TPSA) is 61.3 Å². The number of hydrogen-bond donors (Lipinski definition) is 1. The van der Waals surface area contributed by atoms with Crippen molar-refractivity contribution in [2.24, 2.45) is 5.73 Å². The zero-order valence-electron chi connectivity index (χ0n) is 11.3. The third-order valence-corrected chi connectivity index (χ3v) is 3.47. The van der Waals surface area contributed by atoms with Crippen LogP contribution in [-0.4, -0.2) is 18.3 Å². The molecule has 0 fully saturated rings. The first-order valence-corrected chi connectivity index (χ1v) is 6.94. The molecule has 1 aromatic carbocycles. The molecule has 1 heterocycles. The number of benzene rings is 1. The van der Waals surface area contributed by atoms with Gasteiger partial charge in [-0.3, -0.25) is 0 Å². The second-order valence-electron chi connectivity index (χ2n) is 4.85. The van der Waals surface area contributed by atoms with Crippen LogP contribution in [0.3, 0.4) is 0 Å². The van der Waals surface area contributed by atoms with Crippen molar-refractivity contribution in [2.75, 3.05) is 13.2 Å². The van der Waals surface area contributed by atoms with Gasteiger partial charge in [0.25, 0.3) is 5.88 Å². The predicted octanol–water partition coefficient (Wildman–Crippen LogP) is 3.11. The maximum Gasteiger partial charge on any atom is 0.258 e. The molecular weight excluding hydrogens is 252 g/mol. The van der Waals surface area contributed by atoms with Gasteiger partial charge in [-0.05, 0) is 18.0 Å². The third-order valence-electron chi connectivity index (χ3n) is 3.47. The lowest BCUT2D eigenvalue weighted by atomic mass is 9.96. The molecule has 1 aliphatic rings. The summed E-state index contributed by atoms with van der Waals surface area (Å²) >= 11 is 0.